The Morgan fingerprint density at radius 2 is 1.12 bits per heavy atom. The van der Waals surface area contributed by atoms with Crippen LogP contribution in [0.15, 0.2) is 97.1 Å². The van der Waals surface area contributed by atoms with E-state index in [1.54, 1.807) is 3.21 Å². The van der Waals surface area contributed by atoms with Crippen molar-refractivity contribution in [2.45, 2.75) is 118 Å². The Labute approximate surface area is 332 Å². The second-order valence-corrected chi connectivity index (χ2v) is 17.8. The first-order valence-corrected chi connectivity index (χ1v) is 18.7. The average molecular weight is 783 g/mol. The second-order valence-electron chi connectivity index (χ2n) is 16.6. The maximum absolute atomic E-state index is 3.69. The van der Waals surface area contributed by atoms with Gasteiger partial charge in [0.2, 0.25) is 0 Å². The van der Waals surface area contributed by atoms with Crippen LogP contribution in [0.4, 0.5) is 0 Å². The molecule has 3 heteroatoms. The van der Waals surface area contributed by atoms with E-state index < -0.39 is 0 Å². The molecule has 2 aliphatic rings. The summed E-state index contributed by atoms with van der Waals surface area (Å²) >= 11 is 1.51. The van der Waals surface area contributed by atoms with Crippen LogP contribution >= 0.6 is 0 Å². The third-order valence-corrected chi connectivity index (χ3v) is 13.0. The zero-order valence-corrected chi connectivity index (χ0v) is 36.4. The molecule has 0 aromatic heterocycles. The van der Waals surface area contributed by atoms with Gasteiger partial charge in [-0.15, -0.1) is 23.1 Å². The number of rotatable bonds is 4. The van der Waals surface area contributed by atoms with E-state index >= 15 is 0 Å². The molecule has 0 saturated carbocycles. The molecular formula is C47H56Cl2Zr-2. The second kappa shape index (κ2) is 17.5. The van der Waals surface area contributed by atoms with Gasteiger partial charge in [0.05, 0.1) is 0 Å². The third kappa shape index (κ3) is 10.2. The molecule has 0 unspecified atom stereocenters. The molecule has 4 aromatic carbocycles. The summed E-state index contributed by atoms with van der Waals surface area (Å²) in [6.45, 7) is 27.6. The Morgan fingerprint density at radius 1 is 0.640 bits per heavy atom. The van der Waals surface area contributed by atoms with Crippen molar-refractivity contribution in [3.63, 3.8) is 0 Å². The molecular weight excluding hydrogens is 727 g/mol. The molecule has 0 spiro atoms. The summed E-state index contributed by atoms with van der Waals surface area (Å²) in [4.78, 5) is 0. The summed E-state index contributed by atoms with van der Waals surface area (Å²) in [6, 6.07) is 32.6. The van der Waals surface area contributed by atoms with Crippen molar-refractivity contribution in [3.05, 3.63) is 154 Å². The molecule has 0 nitrogen and oxygen atoms in total. The fraction of sp³-hybridized carbons (Fsp3) is 0.383. The predicted octanol–water partition coefficient (Wildman–Crippen LogP) is 6.24. The molecule has 0 atom stereocenters. The topological polar surface area (TPSA) is 0 Å². The fourth-order valence-corrected chi connectivity index (χ4v) is 7.85. The zero-order chi connectivity index (χ0) is 35.5. The van der Waals surface area contributed by atoms with Crippen LogP contribution in [0.1, 0.15) is 120 Å². The fourth-order valence-electron chi connectivity index (χ4n) is 7.14. The number of fused-ring (bicyclic) bond motifs is 3. The van der Waals surface area contributed by atoms with Crippen LogP contribution < -0.4 is 24.8 Å². The van der Waals surface area contributed by atoms with Crippen LogP contribution in [0, 0.1) is 26.0 Å². The number of hydrogen-bond acceptors (Lipinski definition) is 0. The molecule has 4 aromatic rings. The quantitative estimate of drug-likeness (QED) is 0.190. The van der Waals surface area contributed by atoms with Gasteiger partial charge in [0, 0.05) is 0 Å². The normalized spacial score (nSPS) is 13.1. The number of hydrogen-bond donors (Lipinski definition) is 0. The van der Waals surface area contributed by atoms with E-state index in [0.717, 1.165) is 12.8 Å². The Bertz CT molecular complexity index is 1660. The third-order valence-electron chi connectivity index (χ3n) is 9.91. The van der Waals surface area contributed by atoms with E-state index in [0.29, 0.717) is 0 Å². The van der Waals surface area contributed by atoms with Crippen LogP contribution in [-0.2, 0) is 52.3 Å². The summed E-state index contributed by atoms with van der Waals surface area (Å²) < 4.78 is 1.58. The van der Waals surface area contributed by atoms with Gasteiger partial charge in [-0.3, -0.25) is 6.08 Å². The maximum atomic E-state index is 3.69. The van der Waals surface area contributed by atoms with Crippen LogP contribution in [-0.4, -0.2) is 3.21 Å². The first kappa shape index (κ1) is 43.9. The maximum Gasteiger partial charge on any atom is -0.0129 e. The molecule has 0 heterocycles. The summed E-state index contributed by atoms with van der Waals surface area (Å²) in [6.07, 6.45) is 11.0. The zero-order valence-electron chi connectivity index (χ0n) is 32.4. The number of halogens is 2. The number of benzene rings is 4. The van der Waals surface area contributed by atoms with E-state index in [1.807, 2.05) is 12.2 Å². The Balaban J connectivity index is 0.000000295. The minimum atomic E-state index is 0. The summed E-state index contributed by atoms with van der Waals surface area (Å²) in [5.41, 5.74) is 14.6. The van der Waals surface area contributed by atoms with Gasteiger partial charge in [-0.1, -0.05) is 71.6 Å². The molecule has 0 radical (unpaired) electrons. The van der Waals surface area contributed by atoms with Crippen LogP contribution in [0.3, 0.4) is 0 Å². The summed E-state index contributed by atoms with van der Waals surface area (Å²) in [5, 5.41) is 0. The Morgan fingerprint density at radius 3 is 1.52 bits per heavy atom. The van der Waals surface area contributed by atoms with Gasteiger partial charge in [0.15, 0.2) is 0 Å². The van der Waals surface area contributed by atoms with Crippen molar-refractivity contribution in [3.8, 4) is 11.1 Å². The number of allylic oxidation sites excluding steroid dienone is 4. The monoisotopic (exact) mass is 780 g/mol. The van der Waals surface area contributed by atoms with Gasteiger partial charge in [0.1, 0.15) is 0 Å². The molecule has 2 aliphatic carbocycles. The van der Waals surface area contributed by atoms with E-state index in [-0.39, 0.29) is 46.5 Å². The Kier molecular flexibility index (Phi) is 15.3. The van der Waals surface area contributed by atoms with Gasteiger partial charge in [-0.25, -0.2) is 12.2 Å². The van der Waals surface area contributed by atoms with Gasteiger partial charge in [-0.05, 0) is 35.4 Å². The molecule has 0 amide bonds. The first-order valence-electron chi connectivity index (χ1n) is 17.5. The minimum absolute atomic E-state index is 0. The van der Waals surface area contributed by atoms with Gasteiger partial charge in [-0.2, -0.15) is 23.8 Å². The molecule has 6 rings (SSSR count). The smallest absolute Gasteiger partial charge is 0.0129 e. The van der Waals surface area contributed by atoms with Crippen LogP contribution in [0.25, 0.3) is 11.1 Å². The van der Waals surface area contributed by atoms with Gasteiger partial charge in [0.25, 0.3) is 0 Å². The van der Waals surface area contributed by atoms with Crippen molar-refractivity contribution in [1.29, 1.82) is 0 Å². The van der Waals surface area contributed by atoms with Crippen molar-refractivity contribution >= 4 is 3.21 Å². The molecule has 0 N–H and O–H groups in total. The predicted molar refractivity (Wildman–Crippen MR) is 206 cm³/mol. The molecule has 264 valence electrons. The van der Waals surface area contributed by atoms with E-state index in [9.17, 15) is 0 Å². The van der Waals surface area contributed by atoms with Gasteiger partial charge < -0.3 is 24.8 Å². The van der Waals surface area contributed by atoms with Crippen molar-refractivity contribution in [2.24, 2.45) is 0 Å². The van der Waals surface area contributed by atoms with Crippen molar-refractivity contribution in [2.75, 3.05) is 0 Å². The standard InChI is InChI=1S/C23H29.C19H22.C5H5.2ClH.Zr/c1-14-9-16-11-17-10-15(2)21(23(6,7)8)13-19(17)18(16)12-20(14)22(3,4)5;1-18(2,16-11-7-5-8-12-16)15-19(3,4)17-13-9-6-10-14-17;1-2-4-5-3-1;;;/h9,12-13H,11H2,1-8H3;5-14H,1-4H3;1-3H,4H2;2*1H;/q-1;;-1;;;+2/p-2. The largest absolute Gasteiger partial charge is 1.00 e. The van der Waals surface area contributed by atoms with Crippen LogP contribution in [0.2, 0.25) is 0 Å². The summed E-state index contributed by atoms with van der Waals surface area (Å²) in [5.74, 6) is 0. The van der Waals surface area contributed by atoms with Crippen molar-refractivity contribution < 1.29 is 49.0 Å². The van der Waals surface area contributed by atoms with Crippen molar-refractivity contribution in [1.82, 2.24) is 0 Å². The molecule has 0 fully saturated rings. The molecule has 0 bridgehead atoms. The van der Waals surface area contributed by atoms with Crippen LogP contribution in [0.5, 0.6) is 0 Å². The molecule has 0 saturated heterocycles. The summed E-state index contributed by atoms with van der Waals surface area (Å²) in [7, 11) is 0. The SMILES string of the molecule is CC(C)([C](=[Zr+2])C(C)(C)c1ccccc1)c1ccccc1.Cc1[c-]c2c(cc1C(C)(C)C)-c1cc(C(C)(C)C)c(C)cc1C2.[C-]1=CC=CC1.[Cl-].[Cl-]. The van der Waals surface area contributed by atoms with E-state index in [1.165, 1.54) is 79.9 Å². The Hall–Kier alpha value is -2.31. The average Bonchev–Trinajstić information content (AvgIpc) is 3.72. The van der Waals surface area contributed by atoms with E-state index in [4.69, 9.17) is 0 Å². The van der Waals surface area contributed by atoms with Gasteiger partial charge >= 0.3 is 138 Å². The minimum Gasteiger partial charge on any atom is -1.00 e. The molecule has 0 aliphatic heterocycles. The number of aryl methyl sites for hydroxylation is 2. The first-order chi connectivity index (χ1) is 22.3. The molecule has 50 heavy (non-hydrogen) atoms. The van der Waals surface area contributed by atoms with E-state index in [2.05, 4.69) is 180 Å².